The number of aromatic nitrogens is 1. The van der Waals surface area contributed by atoms with Crippen LogP contribution in [0, 0.1) is 11.3 Å². The molecule has 0 aliphatic heterocycles. The predicted octanol–water partition coefficient (Wildman–Crippen LogP) is 1.93. The first kappa shape index (κ1) is 10.4. The van der Waals surface area contributed by atoms with E-state index < -0.39 is 0 Å². The quantitative estimate of drug-likeness (QED) is 0.846. The summed E-state index contributed by atoms with van der Waals surface area (Å²) in [5.74, 6) is 0.749. The molecule has 2 aromatic rings. The summed E-state index contributed by atoms with van der Waals surface area (Å²) in [6.07, 6.45) is 1.70. The molecule has 4 heteroatoms. The zero-order valence-corrected chi connectivity index (χ0v) is 8.90. The van der Waals surface area contributed by atoms with Gasteiger partial charge in [-0.3, -0.25) is 0 Å². The van der Waals surface area contributed by atoms with Crippen molar-refractivity contribution in [1.29, 1.82) is 5.26 Å². The number of nitrogens with one attached hydrogen (secondary N) is 1. The predicted molar refractivity (Wildman–Crippen MR) is 59.4 cm³/mol. The standard InChI is InChI=1S/C12H11N3O/c1-14-7-11-8-15-16-12(11)10-4-2-9(6-13)3-5-10/h2-5,8,14H,7H2,1H3. The minimum absolute atomic E-state index is 0.637. The first-order chi connectivity index (χ1) is 7.85. The fourth-order valence-corrected chi connectivity index (χ4v) is 1.51. The van der Waals surface area contributed by atoms with Gasteiger partial charge >= 0.3 is 0 Å². The summed E-state index contributed by atoms with van der Waals surface area (Å²) in [5.41, 5.74) is 2.58. The van der Waals surface area contributed by atoms with Gasteiger partial charge in [-0.2, -0.15) is 5.26 Å². The summed E-state index contributed by atoms with van der Waals surface area (Å²) in [4.78, 5) is 0. The van der Waals surface area contributed by atoms with Gasteiger partial charge in [0.25, 0.3) is 0 Å². The van der Waals surface area contributed by atoms with Crippen LogP contribution in [0.2, 0.25) is 0 Å². The number of benzene rings is 1. The normalized spacial score (nSPS) is 10.0. The maximum atomic E-state index is 8.70. The monoisotopic (exact) mass is 213 g/mol. The highest BCUT2D eigenvalue weighted by Crippen LogP contribution is 2.23. The molecule has 0 spiro atoms. The molecule has 0 aliphatic carbocycles. The van der Waals surface area contributed by atoms with Gasteiger partial charge in [0.2, 0.25) is 0 Å². The Labute approximate surface area is 93.5 Å². The van der Waals surface area contributed by atoms with Gasteiger partial charge in [0.05, 0.1) is 17.8 Å². The lowest BCUT2D eigenvalue weighted by molar-refractivity contribution is 0.431. The van der Waals surface area contributed by atoms with Gasteiger partial charge in [-0.25, -0.2) is 0 Å². The van der Waals surface area contributed by atoms with Crippen LogP contribution in [0.15, 0.2) is 35.0 Å². The third kappa shape index (κ3) is 1.95. The number of rotatable bonds is 3. The fraction of sp³-hybridized carbons (Fsp3) is 0.167. The summed E-state index contributed by atoms with van der Waals surface area (Å²) in [6, 6.07) is 9.33. The third-order valence-electron chi connectivity index (χ3n) is 2.29. The largest absolute Gasteiger partial charge is 0.356 e. The average Bonchev–Trinajstić information content (AvgIpc) is 2.78. The maximum Gasteiger partial charge on any atom is 0.171 e. The Hall–Kier alpha value is -2.12. The van der Waals surface area contributed by atoms with Crippen LogP contribution in [0.1, 0.15) is 11.1 Å². The molecular formula is C12H11N3O. The Balaban J connectivity index is 2.35. The lowest BCUT2D eigenvalue weighted by Gasteiger charge is -2.00. The Morgan fingerprint density at radius 3 is 2.75 bits per heavy atom. The van der Waals surface area contributed by atoms with E-state index in [9.17, 15) is 0 Å². The molecule has 80 valence electrons. The topological polar surface area (TPSA) is 61.9 Å². The molecule has 4 nitrogen and oxygen atoms in total. The highest BCUT2D eigenvalue weighted by molar-refractivity contribution is 5.61. The van der Waals surface area contributed by atoms with E-state index in [0.717, 1.165) is 16.9 Å². The van der Waals surface area contributed by atoms with Crippen LogP contribution in [-0.4, -0.2) is 12.2 Å². The van der Waals surface area contributed by atoms with Crippen molar-refractivity contribution in [2.75, 3.05) is 7.05 Å². The van der Waals surface area contributed by atoms with Crippen LogP contribution < -0.4 is 5.32 Å². The van der Waals surface area contributed by atoms with E-state index in [-0.39, 0.29) is 0 Å². The molecule has 1 N–H and O–H groups in total. The SMILES string of the molecule is CNCc1cnoc1-c1ccc(C#N)cc1. The van der Waals surface area contributed by atoms with Crippen LogP contribution in [0.4, 0.5) is 0 Å². The van der Waals surface area contributed by atoms with Crippen LogP contribution in [-0.2, 0) is 6.54 Å². The van der Waals surface area contributed by atoms with Gasteiger partial charge in [-0.1, -0.05) is 5.16 Å². The molecule has 0 fully saturated rings. The fourth-order valence-electron chi connectivity index (χ4n) is 1.51. The second-order valence-electron chi connectivity index (χ2n) is 3.40. The van der Waals surface area contributed by atoms with Gasteiger partial charge in [0.15, 0.2) is 5.76 Å². The average molecular weight is 213 g/mol. The molecule has 0 atom stereocenters. The van der Waals surface area contributed by atoms with E-state index in [1.54, 1.807) is 18.3 Å². The van der Waals surface area contributed by atoms with Gasteiger partial charge in [-0.15, -0.1) is 0 Å². The van der Waals surface area contributed by atoms with E-state index in [0.29, 0.717) is 12.1 Å². The molecule has 0 bridgehead atoms. The van der Waals surface area contributed by atoms with Crippen LogP contribution in [0.25, 0.3) is 11.3 Å². The Kier molecular flexibility index (Phi) is 2.99. The second-order valence-corrected chi connectivity index (χ2v) is 3.40. The third-order valence-corrected chi connectivity index (χ3v) is 2.29. The first-order valence-electron chi connectivity index (χ1n) is 4.94. The molecular weight excluding hydrogens is 202 g/mol. The van der Waals surface area contributed by atoms with Crippen molar-refractivity contribution >= 4 is 0 Å². The Morgan fingerprint density at radius 1 is 1.38 bits per heavy atom. The molecule has 0 unspecified atom stereocenters. The van der Waals surface area contributed by atoms with Gasteiger partial charge in [-0.05, 0) is 31.3 Å². The van der Waals surface area contributed by atoms with Crippen molar-refractivity contribution < 1.29 is 4.52 Å². The molecule has 1 aromatic heterocycles. The highest BCUT2D eigenvalue weighted by atomic mass is 16.5. The zero-order valence-electron chi connectivity index (χ0n) is 8.90. The van der Waals surface area contributed by atoms with Crippen LogP contribution in [0.3, 0.4) is 0 Å². The maximum absolute atomic E-state index is 8.70. The molecule has 16 heavy (non-hydrogen) atoms. The summed E-state index contributed by atoms with van der Waals surface area (Å²) in [6.45, 7) is 0.707. The molecule has 2 rings (SSSR count). The molecule has 1 heterocycles. The van der Waals surface area contributed by atoms with Crippen LogP contribution >= 0.6 is 0 Å². The second kappa shape index (κ2) is 4.60. The van der Waals surface area contributed by atoms with Crippen molar-refractivity contribution in [3.05, 3.63) is 41.6 Å². The summed E-state index contributed by atoms with van der Waals surface area (Å²) in [5, 5.41) is 15.5. The summed E-state index contributed by atoms with van der Waals surface area (Å²) in [7, 11) is 1.87. The molecule has 0 radical (unpaired) electrons. The lowest BCUT2D eigenvalue weighted by atomic mass is 10.1. The smallest absolute Gasteiger partial charge is 0.171 e. The van der Waals surface area contributed by atoms with Gasteiger partial charge in [0, 0.05) is 17.7 Å². The Bertz CT molecular complexity index is 508. The van der Waals surface area contributed by atoms with Crippen molar-refractivity contribution in [1.82, 2.24) is 10.5 Å². The van der Waals surface area contributed by atoms with E-state index in [2.05, 4.69) is 16.5 Å². The molecule has 0 saturated heterocycles. The van der Waals surface area contributed by atoms with Crippen molar-refractivity contribution in [3.63, 3.8) is 0 Å². The minimum Gasteiger partial charge on any atom is -0.356 e. The lowest BCUT2D eigenvalue weighted by Crippen LogP contribution is -2.04. The van der Waals surface area contributed by atoms with Gasteiger partial charge < -0.3 is 9.84 Å². The molecule has 0 saturated carbocycles. The number of hydrogen-bond acceptors (Lipinski definition) is 4. The Morgan fingerprint density at radius 2 is 2.12 bits per heavy atom. The van der Waals surface area contributed by atoms with Crippen molar-refractivity contribution in [2.24, 2.45) is 0 Å². The zero-order chi connectivity index (χ0) is 11.4. The molecule has 0 aliphatic rings. The van der Waals surface area contributed by atoms with Crippen molar-refractivity contribution in [3.8, 4) is 17.4 Å². The van der Waals surface area contributed by atoms with E-state index in [4.69, 9.17) is 9.78 Å². The number of nitrogens with zero attached hydrogens (tertiary/aromatic N) is 2. The van der Waals surface area contributed by atoms with Gasteiger partial charge in [0.1, 0.15) is 0 Å². The van der Waals surface area contributed by atoms with E-state index >= 15 is 0 Å². The molecule has 0 amide bonds. The van der Waals surface area contributed by atoms with E-state index in [1.165, 1.54) is 0 Å². The minimum atomic E-state index is 0.637. The summed E-state index contributed by atoms with van der Waals surface area (Å²) >= 11 is 0. The van der Waals surface area contributed by atoms with Crippen molar-refractivity contribution in [2.45, 2.75) is 6.54 Å². The van der Waals surface area contributed by atoms with Crippen LogP contribution in [0.5, 0.6) is 0 Å². The number of nitriles is 1. The van der Waals surface area contributed by atoms with E-state index in [1.807, 2.05) is 19.2 Å². The molecule has 1 aromatic carbocycles. The summed E-state index contributed by atoms with van der Waals surface area (Å²) < 4.78 is 5.20. The first-order valence-corrected chi connectivity index (χ1v) is 4.94. The highest BCUT2D eigenvalue weighted by Gasteiger charge is 2.09. The number of hydrogen-bond donors (Lipinski definition) is 1.